The Morgan fingerprint density at radius 1 is 1.22 bits per heavy atom. The van der Waals surface area contributed by atoms with Gasteiger partial charge in [-0.3, -0.25) is 9.36 Å². The Bertz CT molecular complexity index is 1040. The van der Waals surface area contributed by atoms with Crippen molar-refractivity contribution in [2.75, 3.05) is 0 Å². The van der Waals surface area contributed by atoms with E-state index in [2.05, 4.69) is 51.6 Å². The van der Waals surface area contributed by atoms with E-state index in [-0.39, 0.29) is 11.0 Å². The van der Waals surface area contributed by atoms with Gasteiger partial charge in [-0.1, -0.05) is 62.9 Å². The van der Waals surface area contributed by atoms with E-state index >= 15 is 0 Å². The number of thiophene rings is 1. The van der Waals surface area contributed by atoms with E-state index in [1.807, 2.05) is 13.8 Å². The third kappa shape index (κ3) is 4.04. The lowest BCUT2D eigenvalue weighted by Crippen LogP contribution is -2.22. The third-order valence-corrected chi connectivity index (χ3v) is 6.90. The average molecular weight is 399 g/mol. The Kier molecular flexibility index (Phi) is 5.63. The lowest BCUT2D eigenvalue weighted by atomic mass is 9.87. The molecule has 142 valence electrons. The normalized spacial score (nSPS) is 11.9. The fraction of sp³-hybridized carbons (Fsp3) is 0.364. The summed E-state index contributed by atoms with van der Waals surface area (Å²) in [5, 5.41) is 1.51. The van der Waals surface area contributed by atoms with Crippen LogP contribution in [0.3, 0.4) is 0 Å². The summed E-state index contributed by atoms with van der Waals surface area (Å²) >= 11 is 3.20. The molecule has 0 amide bonds. The van der Waals surface area contributed by atoms with Crippen molar-refractivity contribution in [1.29, 1.82) is 0 Å². The van der Waals surface area contributed by atoms with E-state index in [9.17, 15) is 4.79 Å². The van der Waals surface area contributed by atoms with Crippen LogP contribution in [0, 0.1) is 13.8 Å². The SMILES string of the molecule is C=CCn1c(SCc2ccc(C(C)(C)C)cc2)nc2sc(C)c(C)c2c1=O. The summed E-state index contributed by atoms with van der Waals surface area (Å²) in [5.41, 5.74) is 3.78. The summed E-state index contributed by atoms with van der Waals surface area (Å²) in [6.07, 6.45) is 1.76. The molecule has 2 aromatic heterocycles. The lowest BCUT2D eigenvalue weighted by molar-refractivity contribution is 0.590. The van der Waals surface area contributed by atoms with Gasteiger partial charge >= 0.3 is 0 Å². The maximum absolute atomic E-state index is 13.0. The summed E-state index contributed by atoms with van der Waals surface area (Å²) in [5.74, 6) is 0.781. The van der Waals surface area contributed by atoms with Crippen molar-refractivity contribution in [3.05, 3.63) is 68.8 Å². The minimum atomic E-state index is 0.0346. The summed E-state index contributed by atoms with van der Waals surface area (Å²) in [7, 11) is 0. The fourth-order valence-electron chi connectivity index (χ4n) is 2.96. The first-order valence-corrected chi connectivity index (χ1v) is 10.9. The second kappa shape index (κ2) is 7.64. The molecule has 0 aliphatic carbocycles. The summed E-state index contributed by atoms with van der Waals surface area (Å²) < 4.78 is 1.74. The number of aryl methyl sites for hydroxylation is 2. The van der Waals surface area contributed by atoms with Crippen LogP contribution in [0.25, 0.3) is 10.2 Å². The van der Waals surface area contributed by atoms with Gasteiger partial charge in [0.25, 0.3) is 5.56 Å². The van der Waals surface area contributed by atoms with Gasteiger partial charge in [0.05, 0.1) is 5.39 Å². The molecule has 3 nitrogen and oxygen atoms in total. The minimum absolute atomic E-state index is 0.0346. The van der Waals surface area contributed by atoms with Gasteiger partial charge in [-0.25, -0.2) is 4.98 Å². The lowest BCUT2D eigenvalue weighted by Gasteiger charge is -2.19. The van der Waals surface area contributed by atoms with Gasteiger partial charge in [0.15, 0.2) is 5.16 Å². The van der Waals surface area contributed by atoms with Gasteiger partial charge in [0.1, 0.15) is 4.83 Å². The molecule has 2 heterocycles. The van der Waals surface area contributed by atoms with Crippen molar-refractivity contribution < 1.29 is 0 Å². The van der Waals surface area contributed by atoms with E-state index in [0.717, 1.165) is 31.6 Å². The molecule has 27 heavy (non-hydrogen) atoms. The predicted molar refractivity (Wildman–Crippen MR) is 118 cm³/mol. The molecular weight excluding hydrogens is 372 g/mol. The molecule has 3 rings (SSSR count). The van der Waals surface area contributed by atoms with Crippen LogP contribution in [0.5, 0.6) is 0 Å². The molecule has 1 aromatic carbocycles. The second-order valence-electron chi connectivity index (χ2n) is 7.80. The highest BCUT2D eigenvalue weighted by Crippen LogP contribution is 2.30. The number of benzene rings is 1. The quantitative estimate of drug-likeness (QED) is 0.307. The smallest absolute Gasteiger partial charge is 0.263 e. The van der Waals surface area contributed by atoms with Crippen LogP contribution in [-0.4, -0.2) is 9.55 Å². The van der Waals surface area contributed by atoms with Crippen LogP contribution < -0.4 is 5.56 Å². The molecule has 0 saturated carbocycles. The zero-order valence-electron chi connectivity index (χ0n) is 16.6. The first kappa shape index (κ1) is 19.9. The average Bonchev–Trinajstić information content (AvgIpc) is 2.90. The third-order valence-electron chi connectivity index (χ3n) is 4.75. The number of nitrogens with zero attached hydrogens (tertiary/aromatic N) is 2. The van der Waals surface area contributed by atoms with Crippen LogP contribution in [0.15, 0.2) is 46.9 Å². The van der Waals surface area contributed by atoms with Crippen LogP contribution in [0.1, 0.15) is 42.3 Å². The topological polar surface area (TPSA) is 34.9 Å². The Morgan fingerprint density at radius 2 is 1.89 bits per heavy atom. The fourth-order valence-corrected chi connectivity index (χ4v) is 4.99. The number of rotatable bonds is 5. The number of allylic oxidation sites excluding steroid dienone is 1. The molecule has 3 aromatic rings. The molecule has 0 aliphatic rings. The standard InChI is InChI=1S/C22H26N2OS2/c1-7-12-24-20(25)18-14(2)15(3)27-19(18)23-21(24)26-13-16-8-10-17(11-9-16)22(4,5)6/h7-11H,1,12-13H2,2-6H3. The Hall–Kier alpha value is -1.85. The summed E-state index contributed by atoms with van der Waals surface area (Å²) in [6.45, 7) is 15.0. The van der Waals surface area contributed by atoms with Crippen LogP contribution in [-0.2, 0) is 17.7 Å². The van der Waals surface area contributed by atoms with Crippen molar-refractivity contribution in [2.24, 2.45) is 0 Å². The highest BCUT2D eigenvalue weighted by atomic mass is 32.2. The van der Waals surface area contributed by atoms with Crippen molar-refractivity contribution in [2.45, 2.75) is 57.5 Å². The van der Waals surface area contributed by atoms with Crippen molar-refractivity contribution in [3.8, 4) is 0 Å². The van der Waals surface area contributed by atoms with Gasteiger partial charge in [-0.05, 0) is 36.0 Å². The van der Waals surface area contributed by atoms with Crippen molar-refractivity contribution in [3.63, 3.8) is 0 Å². The monoisotopic (exact) mass is 398 g/mol. The molecule has 0 atom stereocenters. The highest BCUT2D eigenvalue weighted by molar-refractivity contribution is 7.98. The molecule has 0 aliphatic heterocycles. The molecule has 5 heteroatoms. The van der Waals surface area contributed by atoms with Crippen LogP contribution >= 0.6 is 23.1 Å². The van der Waals surface area contributed by atoms with Gasteiger partial charge in [0, 0.05) is 17.2 Å². The van der Waals surface area contributed by atoms with E-state index in [0.29, 0.717) is 6.54 Å². The van der Waals surface area contributed by atoms with Crippen molar-refractivity contribution in [1.82, 2.24) is 9.55 Å². The Labute approximate surface area is 169 Å². The Morgan fingerprint density at radius 3 is 2.48 bits per heavy atom. The molecule has 0 fully saturated rings. The van der Waals surface area contributed by atoms with E-state index < -0.39 is 0 Å². The molecule has 0 spiro atoms. The van der Waals surface area contributed by atoms with Crippen LogP contribution in [0.2, 0.25) is 0 Å². The summed E-state index contributed by atoms with van der Waals surface area (Å²) in [6, 6.07) is 8.72. The van der Waals surface area contributed by atoms with Crippen LogP contribution in [0.4, 0.5) is 0 Å². The van der Waals surface area contributed by atoms with E-state index in [1.54, 1.807) is 33.7 Å². The van der Waals surface area contributed by atoms with Crippen molar-refractivity contribution >= 4 is 33.3 Å². The number of aromatic nitrogens is 2. The maximum Gasteiger partial charge on any atom is 0.263 e. The zero-order valence-corrected chi connectivity index (χ0v) is 18.3. The number of hydrogen-bond donors (Lipinski definition) is 0. The number of thioether (sulfide) groups is 1. The highest BCUT2D eigenvalue weighted by Gasteiger charge is 2.17. The van der Waals surface area contributed by atoms with E-state index in [4.69, 9.17) is 4.98 Å². The first-order chi connectivity index (χ1) is 12.7. The minimum Gasteiger partial charge on any atom is -0.283 e. The largest absolute Gasteiger partial charge is 0.283 e. The number of hydrogen-bond acceptors (Lipinski definition) is 4. The second-order valence-corrected chi connectivity index (χ2v) is 9.94. The Balaban J connectivity index is 1.93. The molecule has 0 saturated heterocycles. The van der Waals surface area contributed by atoms with Gasteiger partial charge in [-0.15, -0.1) is 17.9 Å². The zero-order chi connectivity index (χ0) is 19.8. The molecule has 0 N–H and O–H groups in total. The first-order valence-electron chi connectivity index (χ1n) is 9.06. The molecular formula is C22H26N2OS2. The molecule has 0 unspecified atom stereocenters. The number of fused-ring (bicyclic) bond motifs is 1. The molecule has 0 radical (unpaired) electrons. The van der Waals surface area contributed by atoms with Gasteiger partial charge in [0.2, 0.25) is 0 Å². The summed E-state index contributed by atoms with van der Waals surface area (Å²) in [4.78, 5) is 19.8. The molecule has 0 bridgehead atoms. The van der Waals surface area contributed by atoms with E-state index in [1.165, 1.54) is 11.1 Å². The maximum atomic E-state index is 13.0. The predicted octanol–water partition coefficient (Wildman–Crippen LogP) is 5.85. The van der Waals surface area contributed by atoms with Gasteiger partial charge in [-0.2, -0.15) is 0 Å². The van der Waals surface area contributed by atoms with Gasteiger partial charge < -0.3 is 0 Å².